The monoisotopic (exact) mass is 363 g/mol. The Labute approximate surface area is 157 Å². The molecule has 1 atom stereocenters. The lowest BCUT2D eigenvalue weighted by molar-refractivity contribution is -0.120. The van der Waals surface area contributed by atoms with E-state index in [0.717, 1.165) is 29.6 Å². The number of carbonyl (C=O) groups is 2. The van der Waals surface area contributed by atoms with Gasteiger partial charge in [0.25, 0.3) is 0 Å². The molecule has 1 heterocycles. The Kier molecular flexibility index (Phi) is 5.93. The van der Waals surface area contributed by atoms with Gasteiger partial charge in [0.05, 0.1) is 12.7 Å². The Hall–Kier alpha value is -3.06. The Morgan fingerprint density at radius 3 is 2.59 bits per heavy atom. The zero-order chi connectivity index (χ0) is 19.2. The first-order valence-corrected chi connectivity index (χ1v) is 8.63. The van der Waals surface area contributed by atoms with Crippen molar-refractivity contribution in [3.8, 4) is 0 Å². The van der Waals surface area contributed by atoms with Crippen LogP contribution in [0.3, 0.4) is 0 Å². The summed E-state index contributed by atoms with van der Waals surface area (Å²) in [6, 6.07) is 14.7. The first-order valence-electron chi connectivity index (χ1n) is 8.63. The van der Waals surface area contributed by atoms with Crippen LogP contribution in [0, 0.1) is 0 Å². The molecule has 0 fully saturated rings. The number of fused-ring (bicyclic) bond motifs is 1. The summed E-state index contributed by atoms with van der Waals surface area (Å²) in [4.78, 5) is 23.3. The minimum atomic E-state index is -0.517. The van der Waals surface area contributed by atoms with E-state index in [9.17, 15) is 14.6 Å². The summed E-state index contributed by atoms with van der Waals surface area (Å²) in [6.07, 6.45) is 2.26. The maximum atomic E-state index is 12.3. The van der Waals surface area contributed by atoms with E-state index < -0.39 is 5.94 Å². The van der Waals surface area contributed by atoms with Crippen LogP contribution in [0.2, 0.25) is 0 Å². The number of nitrogens with one attached hydrogen (secondary N) is 2. The van der Waals surface area contributed by atoms with E-state index in [1.54, 1.807) is 30.5 Å². The number of hydrogen-bond acceptors (Lipinski definition) is 4. The van der Waals surface area contributed by atoms with Gasteiger partial charge in [-0.15, -0.1) is 0 Å². The van der Waals surface area contributed by atoms with Gasteiger partial charge < -0.3 is 20.1 Å². The fraction of sp³-hybridized carbons (Fsp3) is 0.200. The van der Waals surface area contributed by atoms with Gasteiger partial charge in [-0.25, -0.2) is 0 Å². The van der Waals surface area contributed by atoms with Gasteiger partial charge in [0, 0.05) is 23.9 Å². The number of para-hydroxylation sites is 1. The van der Waals surface area contributed by atoms with Gasteiger partial charge in [-0.3, -0.25) is 9.59 Å². The molecule has 0 aliphatic carbocycles. The molecular weight excluding hydrogens is 343 g/mol. The minimum Gasteiger partial charge on any atom is -0.464 e. The van der Waals surface area contributed by atoms with Crippen LogP contribution >= 0.6 is 0 Å². The van der Waals surface area contributed by atoms with E-state index >= 15 is 0 Å². The normalized spacial score (nSPS) is 11.8. The molecule has 0 bridgehead atoms. The topological polar surface area (TPSA) is 91.6 Å². The van der Waals surface area contributed by atoms with E-state index in [4.69, 9.17) is 4.42 Å². The molecule has 7 heteroatoms. The van der Waals surface area contributed by atoms with Crippen molar-refractivity contribution in [3.63, 3.8) is 0 Å². The standard InChI is InChI=1S/C20H20BN2O4/c1-13(24)22-16-8-6-14(7-9-16)10-20(25)23-19(21-26)11-15-12-27-18-5-3-2-4-17(15)18/h2-9,12,19,26H,10-11H2,1H3,(H,22,24)(H,23,25)/t19-/m0/s1. The molecule has 0 unspecified atom stereocenters. The molecule has 0 saturated heterocycles. The van der Waals surface area contributed by atoms with Crippen LogP contribution in [0.1, 0.15) is 18.1 Å². The molecule has 0 aliphatic rings. The smallest absolute Gasteiger partial charge is 0.312 e. The van der Waals surface area contributed by atoms with Crippen LogP contribution in [-0.4, -0.2) is 30.3 Å². The molecular formula is C20H20BN2O4. The summed E-state index contributed by atoms with van der Waals surface area (Å²) in [7, 11) is 0.986. The lowest BCUT2D eigenvalue weighted by atomic mass is 9.83. The predicted molar refractivity (Wildman–Crippen MR) is 104 cm³/mol. The molecule has 0 saturated carbocycles. The Bertz CT molecular complexity index is 937. The summed E-state index contributed by atoms with van der Waals surface area (Å²) < 4.78 is 5.50. The zero-order valence-electron chi connectivity index (χ0n) is 14.9. The molecule has 137 valence electrons. The van der Waals surface area contributed by atoms with Crippen molar-refractivity contribution in [2.75, 3.05) is 5.32 Å². The second-order valence-electron chi connectivity index (χ2n) is 6.34. The number of hydrogen-bond donors (Lipinski definition) is 3. The van der Waals surface area contributed by atoms with E-state index in [0.29, 0.717) is 12.1 Å². The summed E-state index contributed by atoms with van der Waals surface area (Å²) in [5.41, 5.74) is 3.18. The number of carbonyl (C=O) groups excluding carboxylic acids is 2. The van der Waals surface area contributed by atoms with Crippen molar-refractivity contribution in [2.24, 2.45) is 0 Å². The van der Waals surface area contributed by atoms with Crippen molar-refractivity contribution in [2.45, 2.75) is 25.7 Å². The van der Waals surface area contributed by atoms with Gasteiger partial charge in [-0.05, 0) is 35.7 Å². The van der Waals surface area contributed by atoms with Crippen molar-refractivity contribution >= 4 is 36.0 Å². The Balaban J connectivity index is 1.59. The van der Waals surface area contributed by atoms with E-state index in [-0.39, 0.29) is 18.2 Å². The fourth-order valence-electron chi connectivity index (χ4n) is 2.92. The molecule has 1 aromatic heterocycles. The highest BCUT2D eigenvalue weighted by molar-refractivity contribution is 6.28. The van der Waals surface area contributed by atoms with Crippen LogP contribution < -0.4 is 10.6 Å². The molecule has 3 aromatic rings. The number of anilines is 1. The molecule has 2 aromatic carbocycles. The maximum absolute atomic E-state index is 12.3. The highest BCUT2D eigenvalue weighted by Gasteiger charge is 2.17. The van der Waals surface area contributed by atoms with Crippen molar-refractivity contribution in [1.82, 2.24) is 5.32 Å². The van der Waals surface area contributed by atoms with Gasteiger partial charge in [-0.2, -0.15) is 0 Å². The van der Waals surface area contributed by atoms with Crippen LogP contribution in [0.5, 0.6) is 0 Å². The molecule has 2 amide bonds. The largest absolute Gasteiger partial charge is 0.464 e. The highest BCUT2D eigenvalue weighted by atomic mass is 16.3. The third-order valence-electron chi connectivity index (χ3n) is 4.17. The SMILES string of the molecule is CC(=O)Nc1ccc(CC(=O)N[C@H]([B]O)Cc2coc3ccccc23)cc1. The van der Waals surface area contributed by atoms with Crippen LogP contribution in [-0.2, 0) is 22.4 Å². The first kappa shape index (κ1) is 18.7. The quantitative estimate of drug-likeness (QED) is 0.562. The second kappa shape index (κ2) is 8.55. The van der Waals surface area contributed by atoms with Gasteiger partial charge in [0.2, 0.25) is 11.8 Å². The second-order valence-corrected chi connectivity index (χ2v) is 6.34. The lowest BCUT2D eigenvalue weighted by Crippen LogP contribution is -2.41. The molecule has 0 spiro atoms. The van der Waals surface area contributed by atoms with Gasteiger partial charge in [0.1, 0.15) is 5.58 Å². The summed E-state index contributed by atoms with van der Waals surface area (Å²) in [5.74, 6) is -0.865. The summed E-state index contributed by atoms with van der Waals surface area (Å²) in [6.45, 7) is 1.44. The summed E-state index contributed by atoms with van der Waals surface area (Å²) >= 11 is 0. The average Bonchev–Trinajstić information content (AvgIpc) is 3.05. The van der Waals surface area contributed by atoms with Gasteiger partial charge in [-0.1, -0.05) is 30.3 Å². The number of rotatable bonds is 7. The van der Waals surface area contributed by atoms with E-state index in [2.05, 4.69) is 10.6 Å². The van der Waals surface area contributed by atoms with Crippen molar-refractivity contribution in [3.05, 3.63) is 65.9 Å². The number of benzene rings is 2. The third-order valence-corrected chi connectivity index (χ3v) is 4.17. The zero-order valence-corrected chi connectivity index (χ0v) is 14.9. The number of amides is 2. The highest BCUT2D eigenvalue weighted by Crippen LogP contribution is 2.21. The maximum Gasteiger partial charge on any atom is 0.312 e. The Morgan fingerprint density at radius 2 is 1.89 bits per heavy atom. The molecule has 6 nitrogen and oxygen atoms in total. The van der Waals surface area contributed by atoms with Crippen molar-refractivity contribution < 1.29 is 19.0 Å². The molecule has 1 radical (unpaired) electrons. The molecule has 27 heavy (non-hydrogen) atoms. The van der Waals surface area contributed by atoms with Crippen LogP contribution in [0.15, 0.2) is 59.2 Å². The predicted octanol–water partition coefficient (Wildman–Crippen LogP) is 2.23. The third kappa shape index (κ3) is 4.98. The first-order chi connectivity index (χ1) is 13.0. The minimum absolute atomic E-state index is 0.145. The van der Waals surface area contributed by atoms with Crippen molar-refractivity contribution in [1.29, 1.82) is 0 Å². The Morgan fingerprint density at radius 1 is 1.15 bits per heavy atom. The van der Waals surface area contributed by atoms with Gasteiger partial charge in [0.15, 0.2) is 0 Å². The molecule has 3 N–H and O–H groups in total. The van der Waals surface area contributed by atoms with Crippen LogP contribution in [0.25, 0.3) is 11.0 Å². The van der Waals surface area contributed by atoms with E-state index in [1.807, 2.05) is 24.3 Å². The van der Waals surface area contributed by atoms with Gasteiger partial charge >= 0.3 is 7.48 Å². The van der Waals surface area contributed by atoms with E-state index in [1.165, 1.54) is 6.92 Å². The summed E-state index contributed by atoms with van der Waals surface area (Å²) in [5, 5.41) is 16.0. The lowest BCUT2D eigenvalue weighted by Gasteiger charge is -2.15. The van der Waals surface area contributed by atoms with Crippen LogP contribution in [0.4, 0.5) is 5.69 Å². The number of furan rings is 1. The fourth-order valence-corrected chi connectivity index (χ4v) is 2.92. The average molecular weight is 363 g/mol. The molecule has 3 rings (SSSR count). The molecule has 0 aliphatic heterocycles.